The summed E-state index contributed by atoms with van der Waals surface area (Å²) in [6.07, 6.45) is 6.59. The first kappa shape index (κ1) is 18.5. The lowest BCUT2D eigenvalue weighted by Crippen LogP contribution is -2.36. The van der Waals surface area contributed by atoms with Crippen molar-refractivity contribution < 1.29 is 4.79 Å². The lowest BCUT2D eigenvalue weighted by atomic mass is 9.81. The highest BCUT2D eigenvalue weighted by atomic mass is 32.2. The summed E-state index contributed by atoms with van der Waals surface area (Å²) in [5, 5.41) is 3.64. The number of rotatable bonds is 3. The molecule has 0 bridgehead atoms. The molecule has 2 atom stereocenters. The summed E-state index contributed by atoms with van der Waals surface area (Å²) in [5.74, 6) is 1.39. The number of amides is 1. The number of anilines is 1. The van der Waals surface area contributed by atoms with Crippen molar-refractivity contribution in [2.24, 2.45) is 16.6 Å². The van der Waals surface area contributed by atoms with Gasteiger partial charge in [-0.15, -0.1) is 0 Å². The highest BCUT2D eigenvalue weighted by Crippen LogP contribution is 2.50. The van der Waals surface area contributed by atoms with Crippen LogP contribution in [0.4, 0.5) is 5.69 Å². The smallest absolute Gasteiger partial charge is 0.255 e. The van der Waals surface area contributed by atoms with E-state index >= 15 is 0 Å². The molecular formula is C20H24N4OS. The Morgan fingerprint density at radius 3 is 2.88 bits per heavy atom. The van der Waals surface area contributed by atoms with Gasteiger partial charge in [-0.05, 0) is 48.6 Å². The van der Waals surface area contributed by atoms with E-state index in [1.165, 1.54) is 6.42 Å². The second-order valence-corrected chi connectivity index (χ2v) is 7.59. The molecule has 26 heavy (non-hydrogen) atoms. The number of hydrogen-bond acceptors (Lipinski definition) is 5. The number of aromatic nitrogens is 1. The van der Waals surface area contributed by atoms with Crippen molar-refractivity contribution in [1.82, 2.24) is 4.98 Å². The Kier molecular flexibility index (Phi) is 5.32. The van der Waals surface area contributed by atoms with E-state index in [-0.39, 0.29) is 18.9 Å². The molecule has 6 heteroatoms. The van der Waals surface area contributed by atoms with Crippen LogP contribution in [0.3, 0.4) is 0 Å². The van der Waals surface area contributed by atoms with Crippen LogP contribution in [0.25, 0.3) is 0 Å². The van der Waals surface area contributed by atoms with E-state index in [2.05, 4.69) is 16.4 Å². The number of hydrogen-bond donors (Lipinski definition) is 2. The van der Waals surface area contributed by atoms with Crippen LogP contribution in [0.5, 0.6) is 0 Å². The van der Waals surface area contributed by atoms with Gasteiger partial charge in [0.15, 0.2) is 5.17 Å². The maximum Gasteiger partial charge on any atom is 0.255 e. The number of amidine groups is 1. The molecule has 4 rings (SSSR count). The van der Waals surface area contributed by atoms with Crippen LogP contribution in [0.1, 0.15) is 42.6 Å². The number of pyridine rings is 1. The summed E-state index contributed by atoms with van der Waals surface area (Å²) in [4.78, 5) is 21.2. The molecule has 1 aliphatic heterocycles. The number of fused-ring (bicyclic) bond motifs is 1. The number of aliphatic imine (C=N–C) groups is 1. The Morgan fingerprint density at radius 1 is 1.27 bits per heavy atom. The van der Waals surface area contributed by atoms with Crippen LogP contribution in [0.2, 0.25) is 0 Å². The van der Waals surface area contributed by atoms with Gasteiger partial charge in [-0.3, -0.25) is 14.8 Å². The molecule has 1 saturated carbocycles. The van der Waals surface area contributed by atoms with E-state index in [0.717, 1.165) is 29.8 Å². The first-order valence-corrected chi connectivity index (χ1v) is 9.46. The Hall–Kier alpha value is -2.34. The molecule has 136 valence electrons. The fourth-order valence-corrected chi connectivity index (χ4v) is 4.90. The fraction of sp³-hybridized carbons (Fsp3) is 0.350. The summed E-state index contributed by atoms with van der Waals surface area (Å²) in [5.41, 5.74) is 8.34. The van der Waals surface area contributed by atoms with Crippen molar-refractivity contribution in [3.05, 3.63) is 59.9 Å². The van der Waals surface area contributed by atoms with E-state index in [1.54, 1.807) is 36.3 Å². The lowest BCUT2D eigenvalue weighted by Gasteiger charge is -2.36. The third kappa shape index (κ3) is 3.33. The number of thioether (sulfide) groups is 1. The average Bonchev–Trinajstić information content (AvgIpc) is 3.07. The van der Waals surface area contributed by atoms with Gasteiger partial charge in [0.2, 0.25) is 0 Å². The number of nitrogens with one attached hydrogen (secondary N) is 1. The maximum absolute atomic E-state index is 12.4. The van der Waals surface area contributed by atoms with Crippen molar-refractivity contribution in [3.8, 4) is 0 Å². The molecule has 0 saturated heterocycles. The second-order valence-electron chi connectivity index (χ2n) is 6.55. The number of carbonyl (C=O) groups excluding carboxylic acids is 1. The van der Waals surface area contributed by atoms with E-state index in [1.807, 2.05) is 18.2 Å². The first-order chi connectivity index (χ1) is 12.2. The van der Waals surface area contributed by atoms with Crippen molar-refractivity contribution in [2.75, 3.05) is 11.1 Å². The predicted octanol–water partition coefficient (Wildman–Crippen LogP) is 4.03. The molecular weight excluding hydrogens is 344 g/mol. The van der Waals surface area contributed by atoms with Gasteiger partial charge >= 0.3 is 0 Å². The lowest BCUT2D eigenvalue weighted by molar-refractivity contribution is 0.102. The minimum Gasteiger partial charge on any atom is -0.379 e. The Bertz CT molecular complexity index is 824. The molecule has 1 aromatic heterocycles. The van der Waals surface area contributed by atoms with Gasteiger partial charge < -0.3 is 11.1 Å². The van der Waals surface area contributed by atoms with E-state index in [0.29, 0.717) is 16.6 Å². The van der Waals surface area contributed by atoms with Gasteiger partial charge in [0.25, 0.3) is 5.91 Å². The molecule has 0 unspecified atom stereocenters. The van der Waals surface area contributed by atoms with Crippen LogP contribution in [-0.4, -0.2) is 21.8 Å². The largest absolute Gasteiger partial charge is 0.379 e. The summed E-state index contributed by atoms with van der Waals surface area (Å²) >= 11 is 1.65. The first-order valence-electron chi connectivity index (χ1n) is 8.47. The number of carbonyl (C=O) groups is 1. The second kappa shape index (κ2) is 7.50. The number of nitrogens with zero attached hydrogens (tertiary/aromatic N) is 2. The molecule has 5 nitrogen and oxygen atoms in total. The minimum atomic E-state index is -0.229. The van der Waals surface area contributed by atoms with Crippen molar-refractivity contribution >= 4 is 28.5 Å². The molecule has 1 fully saturated rings. The average molecular weight is 369 g/mol. The Morgan fingerprint density at radius 2 is 2.08 bits per heavy atom. The van der Waals surface area contributed by atoms with Gasteiger partial charge in [-0.25, -0.2) is 0 Å². The van der Waals surface area contributed by atoms with Crippen LogP contribution >= 0.6 is 11.8 Å². The summed E-state index contributed by atoms with van der Waals surface area (Å²) in [7, 11) is 0. The normalized spacial score (nSPS) is 24.2. The van der Waals surface area contributed by atoms with E-state index in [9.17, 15) is 4.79 Å². The zero-order chi connectivity index (χ0) is 17.3. The summed E-state index contributed by atoms with van der Waals surface area (Å²) in [6.45, 7) is 0. The molecule has 2 heterocycles. The van der Waals surface area contributed by atoms with Gasteiger partial charge in [0.1, 0.15) is 0 Å². The Balaban J connectivity index is 0.00000196. The highest BCUT2D eigenvalue weighted by molar-refractivity contribution is 8.13. The Labute approximate surface area is 158 Å². The maximum atomic E-state index is 12.4. The fourth-order valence-electron chi connectivity index (χ4n) is 3.86. The van der Waals surface area contributed by atoms with Crippen molar-refractivity contribution in [2.45, 2.75) is 32.2 Å². The molecule has 0 radical (unpaired) electrons. The highest BCUT2D eigenvalue weighted by Gasteiger charge is 2.46. The van der Waals surface area contributed by atoms with Gasteiger partial charge in [-0.1, -0.05) is 37.7 Å². The number of nitrogens with two attached hydrogens (primary N) is 1. The SMILES string of the molecule is C.NC1=N[C@@]2(c3cccc(NC(=O)c4ccncc4)c3)CCC[C@H]2CS1. The predicted molar refractivity (Wildman–Crippen MR) is 108 cm³/mol. The molecule has 3 N–H and O–H groups in total. The van der Waals surface area contributed by atoms with Gasteiger partial charge in [0, 0.05) is 29.4 Å². The molecule has 0 spiro atoms. The summed E-state index contributed by atoms with van der Waals surface area (Å²) in [6, 6.07) is 11.4. The zero-order valence-electron chi connectivity index (χ0n) is 13.8. The quantitative estimate of drug-likeness (QED) is 0.857. The van der Waals surface area contributed by atoms with Crippen LogP contribution in [0.15, 0.2) is 53.8 Å². The molecule has 1 aromatic carbocycles. The standard InChI is InChI=1S/C19H20N4OS.CH4/c20-18-23-19(8-2-4-15(19)12-25-18)14-3-1-5-16(11-14)22-17(24)13-6-9-21-10-7-13;/h1,3,5-7,9-11,15H,2,4,8,12H2,(H2,20,23)(H,22,24);1H4/t15-,19+;/m0./s1. The summed E-state index contributed by atoms with van der Waals surface area (Å²) < 4.78 is 0. The monoisotopic (exact) mass is 368 g/mol. The minimum absolute atomic E-state index is 0. The van der Waals surface area contributed by atoms with Crippen molar-refractivity contribution in [3.63, 3.8) is 0 Å². The van der Waals surface area contributed by atoms with Crippen LogP contribution in [0, 0.1) is 5.92 Å². The molecule has 1 amide bonds. The van der Waals surface area contributed by atoms with Gasteiger partial charge in [0.05, 0.1) is 5.54 Å². The number of benzene rings is 1. The molecule has 2 aliphatic rings. The molecule has 1 aliphatic carbocycles. The van der Waals surface area contributed by atoms with Gasteiger partial charge in [-0.2, -0.15) is 0 Å². The molecule has 2 aromatic rings. The zero-order valence-corrected chi connectivity index (χ0v) is 14.6. The topological polar surface area (TPSA) is 80.4 Å². The third-order valence-corrected chi connectivity index (χ3v) is 6.05. The van der Waals surface area contributed by atoms with Crippen molar-refractivity contribution in [1.29, 1.82) is 0 Å². The van der Waals surface area contributed by atoms with Crippen LogP contribution < -0.4 is 11.1 Å². The van der Waals surface area contributed by atoms with E-state index in [4.69, 9.17) is 10.7 Å². The van der Waals surface area contributed by atoms with E-state index < -0.39 is 0 Å². The third-order valence-electron chi connectivity index (χ3n) is 5.09. The van der Waals surface area contributed by atoms with Crippen LogP contribution in [-0.2, 0) is 5.54 Å².